The molecule has 0 aliphatic carbocycles. The molecule has 5 atom stereocenters. The van der Waals surface area contributed by atoms with Crippen LogP contribution in [0.25, 0.3) is 0 Å². The molecule has 35 heavy (non-hydrogen) atoms. The molecule has 1 fully saturated rings. The summed E-state index contributed by atoms with van der Waals surface area (Å²) in [5, 5.41) is 0.0876. The highest BCUT2D eigenvalue weighted by Gasteiger charge is 2.46. The van der Waals surface area contributed by atoms with E-state index < -0.39 is 32.3 Å². The Bertz CT molecular complexity index is 836. The van der Waals surface area contributed by atoms with Crippen molar-refractivity contribution in [2.75, 3.05) is 11.5 Å². The molecule has 0 amide bonds. The van der Waals surface area contributed by atoms with Gasteiger partial charge in [-0.2, -0.15) is 0 Å². The molecule has 1 aliphatic rings. The quantitative estimate of drug-likeness (QED) is 0.0924. The van der Waals surface area contributed by atoms with Crippen molar-refractivity contribution in [3.05, 3.63) is 48.0 Å². The summed E-state index contributed by atoms with van der Waals surface area (Å²) in [7, 11) is -0.315. The molecular weight excluding hydrogens is 575 g/mol. The predicted octanol–water partition coefficient (Wildman–Crippen LogP) is 6.54. The number of halogens is 1. The number of esters is 1. The molecule has 0 N–H and O–H groups in total. The second-order valence-electron chi connectivity index (χ2n) is 11.0. The zero-order chi connectivity index (χ0) is 26.4. The van der Waals surface area contributed by atoms with Crippen molar-refractivity contribution < 1.29 is 28.2 Å². The fraction of sp³-hybridized carbons (Fsp3) is 0.667. The zero-order valence-corrected chi connectivity index (χ0v) is 25.8. The molecule has 0 aromatic heterocycles. The second kappa shape index (κ2) is 12.6. The minimum absolute atomic E-state index is 0.0876. The van der Waals surface area contributed by atoms with Crippen molar-refractivity contribution in [3.8, 4) is 0 Å². The molecule has 8 heteroatoms. The molecule has 1 heterocycles. The first kappa shape index (κ1) is 30.4. The van der Waals surface area contributed by atoms with Gasteiger partial charge in [-0.05, 0) is 63.5 Å². The number of benzene rings is 1. The van der Waals surface area contributed by atoms with Gasteiger partial charge in [-0.1, -0.05) is 67.6 Å². The summed E-state index contributed by atoms with van der Waals surface area (Å²) in [4.78, 5) is 13.0. The van der Waals surface area contributed by atoms with Crippen LogP contribution >= 0.6 is 22.6 Å². The Morgan fingerprint density at radius 3 is 2.34 bits per heavy atom. The van der Waals surface area contributed by atoms with Crippen molar-refractivity contribution in [1.82, 2.24) is 0 Å². The molecule has 1 saturated heterocycles. The Morgan fingerprint density at radius 2 is 1.80 bits per heavy atom. The van der Waals surface area contributed by atoms with E-state index in [1.54, 1.807) is 19.2 Å². The largest absolute Gasteiger partial charge is 0.452 e. The lowest BCUT2D eigenvalue weighted by molar-refractivity contribution is -0.153. The molecule has 6 nitrogen and oxygen atoms in total. The first-order chi connectivity index (χ1) is 16.2. The van der Waals surface area contributed by atoms with Crippen LogP contribution in [0.3, 0.4) is 0 Å². The minimum atomic E-state index is -1.98. The monoisotopic (exact) mass is 618 g/mol. The molecule has 1 aliphatic heterocycles. The Hall–Kier alpha value is -0.783. The first-order valence-electron chi connectivity index (χ1n) is 12.3. The van der Waals surface area contributed by atoms with Crippen molar-refractivity contribution >= 4 is 36.9 Å². The summed E-state index contributed by atoms with van der Waals surface area (Å²) in [6.07, 6.45) is 2.85. The molecule has 2 rings (SSSR count). The van der Waals surface area contributed by atoms with E-state index in [0.29, 0.717) is 5.56 Å². The topological polar surface area (TPSA) is 63.2 Å². The molecule has 1 unspecified atom stereocenters. The van der Waals surface area contributed by atoms with Gasteiger partial charge in [0.2, 0.25) is 0 Å². The van der Waals surface area contributed by atoms with Crippen molar-refractivity contribution in [2.24, 2.45) is 0 Å². The van der Waals surface area contributed by atoms with Crippen molar-refractivity contribution in [1.29, 1.82) is 0 Å². The Labute approximate surface area is 226 Å². The lowest BCUT2D eigenvalue weighted by atomic mass is 10.0. The van der Waals surface area contributed by atoms with Crippen LogP contribution in [0.1, 0.15) is 58.3 Å². The zero-order valence-electron chi connectivity index (χ0n) is 22.7. The summed E-state index contributed by atoms with van der Waals surface area (Å²) in [6, 6.07) is 9.00. The maximum absolute atomic E-state index is 13.0. The van der Waals surface area contributed by atoms with Gasteiger partial charge in [0.25, 0.3) is 0 Å². The van der Waals surface area contributed by atoms with Gasteiger partial charge in [0, 0.05) is 11.5 Å². The third-order valence-corrected chi connectivity index (χ3v) is 11.9. The van der Waals surface area contributed by atoms with Crippen LogP contribution < -0.4 is 0 Å². The van der Waals surface area contributed by atoms with E-state index in [2.05, 4.69) is 56.5 Å². The fourth-order valence-electron chi connectivity index (χ4n) is 3.81. The minimum Gasteiger partial charge on any atom is -0.452 e. The van der Waals surface area contributed by atoms with Crippen LogP contribution in [0.4, 0.5) is 0 Å². The van der Waals surface area contributed by atoms with E-state index in [-0.39, 0.29) is 23.4 Å². The normalized spacial score (nSPS) is 23.3. The van der Waals surface area contributed by atoms with Gasteiger partial charge in [-0.15, -0.1) is 0 Å². The molecule has 198 valence electrons. The Balaban J connectivity index is 2.30. The highest BCUT2D eigenvalue weighted by molar-refractivity contribution is 14.1. The van der Waals surface area contributed by atoms with Gasteiger partial charge < -0.3 is 23.4 Å². The van der Waals surface area contributed by atoms with E-state index in [1.807, 2.05) is 51.1 Å². The maximum Gasteiger partial charge on any atom is 0.338 e. The van der Waals surface area contributed by atoms with E-state index in [4.69, 9.17) is 23.4 Å². The van der Waals surface area contributed by atoms with Crippen LogP contribution in [0, 0.1) is 0 Å². The van der Waals surface area contributed by atoms with Crippen LogP contribution in [0.2, 0.25) is 18.1 Å². The van der Waals surface area contributed by atoms with E-state index in [0.717, 1.165) is 10.8 Å². The van der Waals surface area contributed by atoms with E-state index >= 15 is 0 Å². The third-order valence-electron chi connectivity index (χ3n) is 6.70. The molecule has 0 spiro atoms. The van der Waals surface area contributed by atoms with E-state index in [9.17, 15) is 4.79 Å². The van der Waals surface area contributed by atoms with Gasteiger partial charge >= 0.3 is 5.97 Å². The number of hydrogen-bond acceptors (Lipinski definition) is 6. The summed E-state index contributed by atoms with van der Waals surface area (Å²) in [5.74, 6) is -1.16. The number of ether oxygens (including phenoxy) is 4. The summed E-state index contributed by atoms with van der Waals surface area (Å²) in [5.41, 5.74) is 0.493. The van der Waals surface area contributed by atoms with Gasteiger partial charge in [-0.3, -0.25) is 0 Å². The molecule has 0 radical (unpaired) electrons. The van der Waals surface area contributed by atoms with Crippen molar-refractivity contribution in [2.45, 2.75) is 102 Å². The molecule has 1 aromatic carbocycles. The number of hydrogen-bond donors (Lipinski definition) is 0. The average Bonchev–Trinajstić information content (AvgIpc) is 3.07. The predicted molar refractivity (Wildman–Crippen MR) is 151 cm³/mol. The standard InChI is InChI=1S/C27H43IO6Si/c1-19(34-35(8,9)26(2,3)4)21(30-7)15-16-22(31-25(29)20-13-11-10-12-14-20)24-23(17-18-28)32-27(5,6)33-24/h10-16,19,21-24H,17-18H2,1-9H3/b16-15-/t19-,21+,22?,23-,24+/m0/s1. The van der Waals surface area contributed by atoms with Crippen LogP contribution in [-0.2, 0) is 23.4 Å². The average molecular weight is 619 g/mol. The molecular formula is C27H43IO6Si. The summed E-state index contributed by atoms with van der Waals surface area (Å²) < 4.78 is 31.6. The van der Waals surface area contributed by atoms with Gasteiger partial charge in [0.1, 0.15) is 12.2 Å². The van der Waals surface area contributed by atoms with Crippen molar-refractivity contribution in [3.63, 3.8) is 0 Å². The lowest BCUT2D eigenvalue weighted by Gasteiger charge is -2.39. The van der Waals surface area contributed by atoms with Gasteiger partial charge in [-0.25, -0.2) is 4.79 Å². The maximum atomic E-state index is 13.0. The number of alkyl halides is 1. The summed E-state index contributed by atoms with van der Waals surface area (Å²) in [6.45, 7) is 16.9. The van der Waals surface area contributed by atoms with Crippen LogP contribution in [0.15, 0.2) is 42.5 Å². The van der Waals surface area contributed by atoms with Crippen LogP contribution in [0.5, 0.6) is 0 Å². The third kappa shape index (κ3) is 8.64. The fourth-order valence-corrected chi connectivity index (χ4v) is 5.84. The highest BCUT2D eigenvalue weighted by Crippen LogP contribution is 2.38. The number of carbonyl (C=O) groups is 1. The number of rotatable bonds is 11. The molecule has 0 bridgehead atoms. The van der Waals surface area contributed by atoms with E-state index in [1.165, 1.54) is 0 Å². The number of carbonyl (C=O) groups excluding carboxylic acids is 1. The summed E-state index contributed by atoms with van der Waals surface area (Å²) >= 11 is 2.33. The number of methoxy groups -OCH3 is 1. The SMILES string of the molecule is CO[C@H](/C=C\C(OC(=O)c1ccccc1)[C@H]1OC(C)(C)O[C@H]1CCI)[C@H](C)O[Si](C)(C)C(C)(C)C. The lowest BCUT2D eigenvalue weighted by Crippen LogP contribution is -2.46. The van der Waals surface area contributed by atoms with Gasteiger partial charge in [0.15, 0.2) is 14.1 Å². The molecule has 0 saturated carbocycles. The second-order valence-corrected chi connectivity index (χ2v) is 16.9. The van der Waals surface area contributed by atoms with Crippen LogP contribution in [-0.4, -0.2) is 62.1 Å². The Morgan fingerprint density at radius 1 is 1.17 bits per heavy atom. The molecule has 1 aromatic rings. The smallest absolute Gasteiger partial charge is 0.338 e. The first-order valence-corrected chi connectivity index (χ1v) is 16.7. The van der Waals surface area contributed by atoms with Gasteiger partial charge in [0.05, 0.1) is 23.9 Å². The highest BCUT2D eigenvalue weighted by atomic mass is 127. The Kier molecular flexibility index (Phi) is 11.0.